The van der Waals surface area contributed by atoms with E-state index in [1.165, 1.54) is 0 Å². The highest BCUT2D eigenvalue weighted by Crippen LogP contribution is 2.16. The molecule has 0 aliphatic carbocycles. The maximum absolute atomic E-state index is 12.4. The molecule has 0 saturated heterocycles. The van der Waals surface area contributed by atoms with Crippen molar-refractivity contribution < 1.29 is 9.53 Å². The molecule has 0 N–H and O–H groups in total. The molecule has 110 valence electrons. The molecule has 0 aliphatic heterocycles. The first-order valence-electron chi connectivity index (χ1n) is 7.28. The van der Waals surface area contributed by atoms with Crippen molar-refractivity contribution in [3.8, 4) is 5.75 Å². The van der Waals surface area contributed by atoms with Crippen LogP contribution in [0.25, 0.3) is 0 Å². The minimum absolute atomic E-state index is 0.0990. The summed E-state index contributed by atoms with van der Waals surface area (Å²) >= 11 is 0. The Morgan fingerprint density at radius 1 is 1.14 bits per heavy atom. The van der Waals surface area contributed by atoms with Gasteiger partial charge in [0.05, 0.1) is 6.61 Å². The van der Waals surface area contributed by atoms with Gasteiger partial charge in [0.15, 0.2) is 5.78 Å². The molecule has 1 heterocycles. The van der Waals surface area contributed by atoms with Gasteiger partial charge in [0.2, 0.25) is 0 Å². The average Bonchev–Trinajstić information content (AvgIpc) is 2.44. The van der Waals surface area contributed by atoms with Crippen molar-refractivity contribution in [2.45, 2.75) is 33.6 Å². The van der Waals surface area contributed by atoms with E-state index in [2.05, 4.69) is 11.9 Å². The number of rotatable bonds is 6. The van der Waals surface area contributed by atoms with E-state index >= 15 is 0 Å². The summed E-state index contributed by atoms with van der Waals surface area (Å²) in [4.78, 5) is 16.7. The maximum atomic E-state index is 12.4. The van der Waals surface area contributed by atoms with E-state index in [-0.39, 0.29) is 5.78 Å². The number of hydrogen-bond acceptors (Lipinski definition) is 3. The van der Waals surface area contributed by atoms with Gasteiger partial charge in [-0.05, 0) is 50.1 Å². The van der Waals surface area contributed by atoms with Gasteiger partial charge >= 0.3 is 0 Å². The van der Waals surface area contributed by atoms with E-state index in [1.807, 2.05) is 50.2 Å². The van der Waals surface area contributed by atoms with Crippen LogP contribution in [0.4, 0.5) is 0 Å². The molecule has 0 bridgehead atoms. The smallest absolute Gasteiger partial charge is 0.167 e. The number of ketones is 1. The summed E-state index contributed by atoms with van der Waals surface area (Å²) in [7, 11) is 0. The predicted octanol–water partition coefficient (Wildman–Crippen LogP) is 3.91. The minimum Gasteiger partial charge on any atom is -0.494 e. The molecule has 0 aliphatic rings. The average molecular weight is 283 g/mol. The largest absolute Gasteiger partial charge is 0.494 e. The number of aromatic nitrogens is 1. The summed E-state index contributed by atoms with van der Waals surface area (Å²) in [5.41, 5.74) is 3.58. The normalized spacial score (nSPS) is 10.4. The first kappa shape index (κ1) is 15.2. The van der Waals surface area contributed by atoms with E-state index < -0.39 is 0 Å². The van der Waals surface area contributed by atoms with Crippen molar-refractivity contribution >= 4 is 5.78 Å². The quantitative estimate of drug-likeness (QED) is 0.754. The zero-order valence-corrected chi connectivity index (χ0v) is 12.8. The van der Waals surface area contributed by atoms with Gasteiger partial charge in [-0.1, -0.05) is 19.1 Å². The Balaban J connectivity index is 2.12. The van der Waals surface area contributed by atoms with Crippen molar-refractivity contribution in [3.05, 3.63) is 58.9 Å². The minimum atomic E-state index is 0.0990. The van der Waals surface area contributed by atoms with Gasteiger partial charge < -0.3 is 4.74 Å². The third kappa shape index (κ3) is 4.42. The molecule has 3 nitrogen and oxygen atoms in total. The van der Waals surface area contributed by atoms with Crippen molar-refractivity contribution in [1.29, 1.82) is 0 Å². The van der Waals surface area contributed by atoms with Crippen LogP contribution in [-0.4, -0.2) is 17.4 Å². The molecule has 2 aromatic rings. The highest BCUT2D eigenvalue weighted by Gasteiger charge is 2.09. The van der Waals surface area contributed by atoms with E-state index in [9.17, 15) is 4.79 Å². The van der Waals surface area contributed by atoms with Crippen LogP contribution in [0.5, 0.6) is 5.75 Å². The summed E-state index contributed by atoms with van der Waals surface area (Å²) in [6.45, 7) is 6.61. The zero-order chi connectivity index (χ0) is 15.2. The number of nitrogens with zero attached hydrogens (tertiary/aromatic N) is 1. The molecule has 1 aromatic carbocycles. The molecule has 21 heavy (non-hydrogen) atoms. The molecular formula is C18H21NO2. The van der Waals surface area contributed by atoms with Crippen LogP contribution in [0.3, 0.4) is 0 Å². The molecule has 3 heteroatoms. The lowest BCUT2D eigenvalue weighted by molar-refractivity contribution is 0.0992. The summed E-state index contributed by atoms with van der Waals surface area (Å²) in [6, 6.07) is 11.3. The molecule has 0 radical (unpaired) electrons. The van der Waals surface area contributed by atoms with Crippen molar-refractivity contribution in [1.82, 2.24) is 4.98 Å². The second kappa shape index (κ2) is 7.02. The van der Waals surface area contributed by atoms with Gasteiger partial charge in [-0.15, -0.1) is 0 Å². The molecule has 0 atom stereocenters. The number of hydrogen-bond donors (Lipinski definition) is 0. The van der Waals surface area contributed by atoms with E-state index in [0.717, 1.165) is 29.1 Å². The standard InChI is InChI=1S/C18H21NO2/c1-4-8-21-17-7-5-6-16(12-17)18(20)11-15-9-13(2)19-14(3)10-15/h5-7,9-10,12H,4,8,11H2,1-3H3. The summed E-state index contributed by atoms with van der Waals surface area (Å²) in [5.74, 6) is 0.853. The lowest BCUT2D eigenvalue weighted by atomic mass is 10.0. The highest BCUT2D eigenvalue weighted by atomic mass is 16.5. The summed E-state index contributed by atoms with van der Waals surface area (Å²) in [5, 5.41) is 0. The van der Waals surface area contributed by atoms with Gasteiger partial charge in [0.1, 0.15) is 5.75 Å². The Morgan fingerprint density at radius 2 is 1.86 bits per heavy atom. The maximum Gasteiger partial charge on any atom is 0.167 e. The van der Waals surface area contributed by atoms with Crippen molar-refractivity contribution in [2.75, 3.05) is 6.61 Å². The summed E-state index contributed by atoms with van der Waals surface area (Å²) < 4.78 is 5.57. The van der Waals surface area contributed by atoms with Crippen LogP contribution in [0, 0.1) is 13.8 Å². The summed E-state index contributed by atoms with van der Waals surface area (Å²) in [6.07, 6.45) is 1.34. The SMILES string of the molecule is CCCOc1cccc(C(=O)Cc2cc(C)nc(C)c2)c1. The van der Waals surface area contributed by atoms with Gasteiger partial charge in [-0.25, -0.2) is 0 Å². The Kier molecular flexibility index (Phi) is 5.09. The van der Waals surface area contributed by atoms with Gasteiger partial charge in [0, 0.05) is 23.4 Å². The third-order valence-electron chi connectivity index (χ3n) is 3.13. The second-order valence-electron chi connectivity index (χ2n) is 5.23. The van der Waals surface area contributed by atoms with Crippen LogP contribution in [0.2, 0.25) is 0 Å². The first-order valence-corrected chi connectivity index (χ1v) is 7.28. The van der Waals surface area contributed by atoms with Crippen molar-refractivity contribution in [3.63, 3.8) is 0 Å². The number of benzene rings is 1. The number of carbonyl (C=O) groups excluding carboxylic acids is 1. The Hall–Kier alpha value is -2.16. The lowest BCUT2D eigenvalue weighted by Crippen LogP contribution is -2.05. The van der Waals surface area contributed by atoms with Crippen LogP contribution in [0.1, 0.15) is 40.7 Å². The second-order valence-corrected chi connectivity index (χ2v) is 5.23. The monoisotopic (exact) mass is 283 g/mol. The fourth-order valence-electron chi connectivity index (χ4n) is 2.29. The molecule has 0 spiro atoms. The molecule has 0 saturated carbocycles. The predicted molar refractivity (Wildman–Crippen MR) is 84.0 cm³/mol. The molecule has 0 unspecified atom stereocenters. The van der Waals surface area contributed by atoms with Crippen LogP contribution < -0.4 is 4.74 Å². The van der Waals surface area contributed by atoms with Crippen LogP contribution >= 0.6 is 0 Å². The molecule has 2 rings (SSSR count). The lowest BCUT2D eigenvalue weighted by Gasteiger charge is -2.07. The molecule has 0 fully saturated rings. The Labute approximate surface area is 126 Å². The fraction of sp³-hybridized carbons (Fsp3) is 0.333. The fourth-order valence-corrected chi connectivity index (χ4v) is 2.29. The van der Waals surface area contributed by atoms with E-state index in [0.29, 0.717) is 18.6 Å². The van der Waals surface area contributed by atoms with Gasteiger partial charge in [-0.3, -0.25) is 9.78 Å². The van der Waals surface area contributed by atoms with Crippen molar-refractivity contribution in [2.24, 2.45) is 0 Å². The molecular weight excluding hydrogens is 262 g/mol. The van der Waals surface area contributed by atoms with Gasteiger partial charge in [0.25, 0.3) is 0 Å². The number of ether oxygens (including phenoxy) is 1. The van der Waals surface area contributed by atoms with Crippen LogP contribution in [-0.2, 0) is 6.42 Å². The first-order chi connectivity index (χ1) is 10.1. The Bertz CT molecular complexity index is 615. The Morgan fingerprint density at radius 3 is 2.52 bits per heavy atom. The molecule has 1 aromatic heterocycles. The van der Waals surface area contributed by atoms with Gasteiger partial charge in [-0.2, -0.15) is 0 Å². The number of carbonyl (C=O) groups is 1. The van der Waals surface area contributed by atoms with E-state index in [1.54, 1.807) is 0 Å². The number of Topliss-reactive ketones (excluding diaryl/α,β-unsaturated/α-hetero) is 1. The number of pyridine rings is 1. The van der Waals surface area contributed by atoms with Crippen LogP contribution in [0.15, 0.2) is 36.4 Å². The van der Waals surface area contributed by atoms with E-state index in [4.69, 9.17) is 4.74 Å². The topological polar surface area (TPSA) is 39.2 Å². The third-order valence-corrected chi connectivity index (χ3v) is 3.13. The molecule has 0 amide bonds. The zero-order valence-electron chi connectivity index (χ0n) is 12.8. The number of aryl methyl sites for hydroxylation is 2. The highest BCUT2D eigenvalue weighted by molar-refractivity contribution is 5.97.